The molecule has 1 aliphatic carbocycles. The second-order valence-corrected chi connectivity index (χ2v) is 14.0. The van der Waals surface area contributed by atoms with E-state index in [1.165, 1.54) is 18.4 Å². The minimum atomic E-state index is -1.01. The lowest BCUT2D eigenvalue weighted by Gasteiger charge is -2.58. The van der Waals surface area contributed by atoms with Gasteiger partial charge in [-0.15, -0.1) is 0 Å². The van der Waals surface area contributed by atoms with Crippen molar-refractivity contribution in [1.82, 2.24) is 19.8 Å². The number of nitrogens with zero attached hydrogens (tertiary/aromatic N) is 3. The van der Waals surface area contributed by atoms with Crippen LogP contribution in [0.3, 0.4) is 0 Å². The number of fused-ring (bicyclic) bond motifs is 5. The number of aromatic hydroxyl groups is 1. The van der Waals surface area contributed by atoms with E-state index in [-0.39, 0.29) is 23.1 Å². The number of allylic oxidation sites excluding steroid dienone is 3. The topological polar surface area (TPSA) is 92.7 Å². The third kappa shape index (κ3) is 4.41. The van der Waals surface area contributed by atoms with Crippen molar-refractivity contribution < 1.29 is 15.0 Å². The molecule has 1 spiro atoms. The highest BCUT2D eigenvalue weighted by Crippen LogP contribution is 2.62. The number of para-hydroxylation sites is 1. The molecule has 43 heavy (non-hydrogen) atoms. The maximum Gasteiger partial charge on any atom is 0.139 e. The summed E-state index contributed by atoms with van der Waals surface area (Å²) in [5.41, 5.74) is 2.63. The first-order valence-corrected chi connectivity index (χ1v) is 16.7. The fourth-order valence-electron chi connectivity index (χ4n) is 9.92. The zero-order chi connectivity index (χ0) is 29.2. The lowest BCUT2D eigenvalue weighted by atomic mass is 9.54. The number of phenols is 1. The van der Waals surface area contributed by atoms with E-state index in [0.29, 0.717) is 31.1 Å². The highest BCUT2D eigenvalue weighted by molar-refractivity contribution is 6.11. The SMILES string of the molecule is O=C1CCCN2[C@@H](CC1)C[C@@]13CN4CCCC/C=C\CC[C@@](O)(C=C(c5nccc6c5[nH]c5c(O)cccc56)[C@H]1CC4)[C@@H]23. The summed E-state index contributed by atoms with van der Waals surface area (Å²) in [5, 5.41) is 25.8. The molecule has 3 N–H and O–H groups in total. The van der Waals surface area contributed by atoms with Gasteiger partial charge < -0.3 is 20.1 Å². The Hall–Kier alpha value is -3.00. The second kappa shape index (κ2) is 10.6. The summed E-state index contributed by atoms with van der Waals surface area (Å²) in [6, 6.07) is 8.04. The van der Waals surface area contributed by atoms with E-state index in [1.807, 2.05) is 18.3 Å². The van der Waals surface area contributed by atoms with Crippen LogP contribution in [-0.2, 0) is 4.79 Å². The molecule has 226 valence electrons. The van der Waals surface area contributed by atoms with Gasteiger partial charge in [0.25, 0.3) is 0 Å². The van der Waals surface area contributed by atoms with E-state index in [9.17, 15) is 15.0 Å². The number of piperidine rings is 1. The Bertz CT molecular complexity index is 1630. The molecule has 8 rings (SSSR count). The van der Waals surface area contributed by atoms with Crippen molar-refractivity contribution in [3.05, 3.63) is 54.4 Å². The van der Waals surface area contributed by atoms with E-state index in [1.54, 1.807) is 6.07 Å². The average Bonchev–Trinajstić information content (AvgIpc) is 3.52. The minimum Gasteiger partial charge on any atom is -0.506 e. The number of aliphatic hydroxyl groups is 1. The molecule has 6 heterocycles. The maximum atomic E-state index is 13.1. The van der Waals surface area contributed by atoms with Crippen LogP contribution in [0.2, 0.25) is 0 Å². The number of hydrogen-bond donors (Lipinski definition) is 3. The molecule has 1 aromatic carbocycles. The van der Waals surface area contributed by atoms with Crippen molar-refractivity contribution in [1.29, 1.82) is 0 Å². The third-order valence-corrected chi connectivity index (χ3v) is 11.6. The summed E-state index contributed by atoms with van der Waals surface area (Å²) in [6.07, 6.45) is 18.9. The smallest absolute Gasteiger partial charge is 0.139 e. The van der Waals surface area contributed by atoms with Crippen molar-refractivity contribution in [2.45, 2.75) is 88.3 Å². The highest BCUT2D eigenvalue weighted by Gasteiger charge is 2.66. The Morgan fingerprint density at radius 2 is 1.84 bits per heavy atom. The molecule has 0 saturated carbocycles. The number of aromatic nitrogens is 2. The van der Waals surface area contributed by atoms with E-state index < -0.39 is 5.60 Å². The number of carbonyl (C=O) groups excluding carboxylic acids is 1. The molecule has 6 atom stereocenters. The minimum absolute atomic E-state index is 0.0230. The lowest BCUT2D eigenvalue weighted by molar-refractivity contribution is -0.120. The summed E-state index contributed by atoms with van der Waals surface area (Å²) >= 11 is 0. The fourth-order valence-corrected chi connectivity index (χ4v) is 9.92. The number of phenolic OH excluding ortho intramolecular Hbond substituents is 1. The molecular weight excluding hydrogens is 536 g/mol. The summed E-state index contributed by atoms with van der Waals surface area (Å²) in [7, 11) is 0. The summed E-state index contributed by atoms with van der Waals surface area (Å²) in [4.78, 5) is 26.5. The van der Waals surface area contributed by atoms with Crippen LogP contribution >= 0.6 is 0 Å². The number of aromatic amines is 1. The molecule has 3 aromatic rings. The van der Waals surface area contributed by atoms with Gasteiger partial charge in [-0.2, -0.15) is 0 Å². The Kier molecular flexibility index (Phi) is 6.77. The van der Waals surface area contributed by atoms with Gasteiger partial charge in [-0.05, 0) is 107 Å². The van der Waals surface area contributed by atoms with E-state index >= 15 is 0 Å². The largest absolute Gasteiger partial charge is 0.506 e. The molecular formula is C36H44N4O3. The van der Waals surface area contributed by atoms with Gasteiger partial charge >= 0.3 is 0 Å². The number of carbonyl (C=O) groups is 1. The van der Waals surface area contributed by atoms with Crippen molar-refractivity contribution in [3.63, 3.8) is 0 Å². The van der Waals surface area contributed by atoms with Crippen molar-refractivity contribution in [2.75, 3.05) is 26.2 Å². The van der Waals surface area contributed by atoms with Crippen LogP contribution in [0.25, 0.3) is 27.4 Å². The Morgan fingerprint density at radius 1 is 0.953 bits per heavy atom. The van der Waals surface area contributed by atoms with Crippen LogP contribution < -0.4 is 0 Å². The first-order valence-electron chi connectivity index (χ1n) is 16.7. The first-order chi connectivity index (χ1) is 21.0. The number of Topliss-reactive ketones (excluding diaryl/α,β-unsaturated/α-hetero) is 1. The van der Waals surface area contributed by atoms with E-state index in [4.69, 9.17) is 4.98 Å². The van der Waals surface area contributed by atoms with Crippen LogP contribution in [0.15, 0.2) is 48.7 Å². The Balaban J connectivity index is 1.34. The molecule has 7 nitrogen and oxygen atoms in total. The molecule has 0 radical (unpaired) electrons. The zero-order valence-corrected chi connectivity index (χ0v) is 25.1. The predicted molar refractivity (Wildman–Crippen MR) is 170 cm³/mol. The molecule has 0 amide bonds. The summed E-state index contributed by atoms with van der Waals surface area (Å²) in [6.45, 7) is 4.02. The normalized spacial score (nSPS) is 36.1. The predicted octanol–water partition coefficient (Wildman–Crippen LogP) is 5.96. The van der Waals surface area contributed by atoms with Crippen LogP contribution in [0.1, 0.15) is 76.3 Å². The number of hydrogen-bond acceptors (Lipinski definition) is 6. The maximum absolute atomic E-state index is 13.1. The highest BCUT2D eigenvalue weighted by atomic mass is 16.3. The monoisotopic (exact) mass is 580 g/mol. The quantitative estimate of drug-likeness (QED) is 0.308. The number of nitrogens with one attached hydrogen (secondary N) is 1. The van der Waals surface area contributed by atoms with Gasteiger partial charge in [-0.1, -0.05) is 24.3 Å². The van der Waals surface area contributed by atoms with Crippen molar-refractivity contribution in [3.8, 4) is 5.75 Å². The molecule has 2 aromatic heterocycles. The van der Waals surface area contributed by atoms with Crippen LogP contribution in [-0.4, -0.2) is 79.6 Å². The number of H-pyrrole nitrogens is 1. The molecule has 7 heteroatoms. The van der Waals surface area contributed by atoms with Gasteiger partial charge in [0.1, 0.15) is 11.5 Å². The number of pyridine rings is 1. The van der Waals surface area contributed by atoms with Crippen LogP contribution in [0.4, 0.5) is 0 Å². The molecule has 3 fully saturated rings. The number of benzene rings is 1. The van der Waals surface area contributed by atoms with Gasteiger partial charge in [0.2, 0.25) is 0 Å². The van der Waals surface area contributed by atoms with Gasteiger partial charge in [0, 0.05) is 53.9 Å². The fraction of sp³-hybridized carbons (Fsp3) is 0.556. The Labute approximate surface area is 253 Å². The average molecular weight is 581 g/mol. The molecule has 4 aliphatic heterocycles. The lowest BCUT2D eigenvalue weighted by Crippen LogP contribution is -2.65. The number of ketones is 1. The Morgan fingerprint density at radius 3 is 2.77 bits per heavy atom. The third-order valence-electron chi connectivity index (χ3n) is 11.6. The molecule has 3 saturated heterocycles. The van der Waals surface area contributed by atoms with Gasteiger partial charge in [0.15, 0.2) is 0 Å². The standard InChI is InChI=1S/C36H44N4O3/c41-25-9-8-19-40-24(12-13-25)21-35-23-39-18-6-4-2-1-3-5-16-36(43,34(35)40)22-28(29(35)15-20-39)32-33-27(14-17-37-32)26-10-7-11-30(42)31(26)38-33/h1,3,7,10-11,14,17,22,24,29,34,38,42-43H,2,4-6,8-9,12-13,15-16,18-21,23H2/b3-1-/t24-,29+,34-,35+,36+/m0/s1. The van der Waals surface area contributed by atoms with E-state index in [2.05, 4.69) is 39.1 Å². The number of rotatable bonds is 1. The molecule has 3 bridgehead atoms. The van der Waals surface area contributed by atoms with Gasteiger partial charge in [-0.25, -0.2) is 0 Å². The molecule has 5 aliphatic rings. The van der Waals surface area contributed by atoms with Crippen LogP contribution in [0.5, 0.6) is 5.75 Å². The summed E-state index contributed by atoms with van der Waals surface area (Å²) < 4.78 is 0. The zero-order valence-electron chi connectivity index (χ0n) is 25.1. The van der Waals surface area contributed by atoms with Crippen LogP contribution in [0, 0.1) is 11.3 Å². The molecule has 1 unspecified atom stereocenters. The van der Waals surface area contributed by atoms with Gasteiger partial charge in [0.05, 0.1) is 22.3 Å². The second-order valence-electron chi connectivity index (χ2n) is 14.0. The summed E-state index contributed by atoms with van der Waals surface area (Å²) in [5.74, 6) is 0.898. The van der Waals surface area contributed by atoms with Crippen molar-refractivity contribution >= 4 is 33.2 Å². The van der Waals surface area contributed by atoms with Crippen molar-refractivity contribution in [2.24, 2.45) is 11.3 Å². The van der Waals surface area contributed by atoms with E-state index in [0.717, 1.165) is 92.2 Å². The van der Waals surface area contributed by atoms with Gasteiger partial charge in [-0.3, -0.25) is 14.7 Å². The first kappa shape index (κ1) is 27.5.